The van der Waals surface area contributed by atoms with E-state index in [1.165, 1.54) is 0 Å². The Labute approximate surface area is 87.9 Å². The van der Waals surface area contributed by atoms with Gasteiger partial charge in [0.2, 0.25) is 0 Å². The van der Waals surface area contributed by atoms with Crippen LogP contribution in [0.4, 0.5) is 0 Å². The van der Waals surface area contributed by atoms with E-state index in [0.29, 0.717) is 11.1 Å². The van der Waals surface area contributed by atoms with Gasteiger partial charge in [-0.05, 0) is 5.92 Å². The lowest BCUT2D eigenvalue weighted by molar-refractivity contribution is 0.799. The lowest BCUT2D eigenvalue weighted by Crippen LogP contribution is -1.97. The Bertz CT molecular complexity index is 466. The monoisotopic (exact) mass is 206 g/mol. The van der Waals surface area contributed by atoms with Crippen LogP contribution < -0.4 is 0 Å². The predicted molar refractivity (Wildman–Crippen MR) is 58.6 cm³/mol. The van der Waals surface area contributed by atoms with Gasteiger partial charge in [-0.2, -0.15) is 5.10 Å². The zero-order valence-electron chi connectivity index (χ0n) is 8.16. The van der Waals surface area contributed by atoms with Crippen molar-refractivity contribution in [3.05, 3.63) is 35.1 Å². The smallest absolute Gasteiger partial charge is 0.153 e. The molecule has 0 radical (unpaired) electrons. The first-order valence-electron chi connectivity index (χ1n) is 4.61. The average molecular weight is 207 g/mol. The van der Waals surface area contributed by atoms with Gasteiger partial charge in [0.05, 0.1) is 5.69 Å². The average Bonchev–Trinajstić information content (AvgIpc) is 2.18. The lowest BCUT2D eigenvalue weighted by Gasteiger charge is -2.07. The molecule has 0 aliphatic heterocycles. The van der Waals surface area contributed by atoms with E-state index in [4.69, 9.17) is 11.6 Å². The summed E-state index contributed by atoms with van der Waals surface area (Å²) in [6.07, 6.45) is 0. The second-order valence-corrected chi connectivity index (χ2v) is 3.93. The lowest BCUT2D eigenvalue weighted by atomic mass is 10.0. The molecular weight excluding hydrogens is 196 g/mol. The zero-order chi connectivity index (χ0) is 10.1. The number of halogens is 1. The summed E-state index contributed by atoms with van der Waals surface area (Å²) < 4.78 is 0. The van der Waals surface area contributed by atoms with Crippen LogP contribution in [0.1, 0.15) is 25.5 Å². The molecule has 0 saturated carbocycles. The molecule has 0 aliphatic carbocycles. The van der Waals surface area contributed by atoms with Crippen LogP contribution in [0.5, 0.6) is 0 Å². The molecule has 72 valence electrons. The van der Waals surface area contributed by atoms with Gasteiger partial charge < -0.3 is 0 Å². The molecule has 2 rings (SSSR count). The van der Waals surface area contributed by atoms with E-state index in [1.807, 2.05) is 24.3 Å². The molecule has 0 saturated heterocycles. The second-order valence-electron chi connectivity index (χ2n) is 3.58. The van der Waals surface area contributed by atoms with E-state index >= 15 is 0 Å². The Balaban J connectivity index is 2.82. The van der Waals surface area contributed by atoms with Gasteiger partial charge in [0.15, 0.2) is 5.15 Å². The molecule has 2 nitrogen and oxygen atoms in total. The molecule has 1 aromatic carbocycles. The molecule has 2 aromatic rings. The van der Waals surface area contributed by atoms with E-state index in [-0.39, 0.29) is 0 Å². The molecule has 0 N–H and O–H groups in total. The van der Waals surface area contributed by atoms with Crippen LogP contribution in [0.25, 0.3) is 10.8 Å². The number of benzene rings is 1. The third-order valence-corrected chi connectivity index (χ3v) is 2.50. The van der Waals surface area contributed by atoms with Crippen LogP contribution in [-0.4, -0.2) is 10.2 Å². The molecule has 0 spiro atoms. The predicted octanol–water partition coefficient (Wildman–Crippen LogP) is 3.41. The van der Waals surface area contributed by atoms with E-state index in [1.54, 1.807) is 0 Å². The molecule has 1 aromatic heterocycles. The highest BCUT2D eigenvalue weighted by atomic mass is 35.5. The van der Waals surface area contributed by atoms with E-state index in [2.05, 4.69) is 24.0 Å². The SMILES string of the molecule is CC(C)c1nnc(Cl)c2ccccc12. The fraction of sp³-hybridized carbons (Fsp3) is 0.273. The topological polar surface area (TPSA) is 25.8 Å². The van der Waals surface area contributed by atoms with Crippen molar-refractivity contribution in [3.8, 4) is 0 Å². The standard InChI is InChI=1S/C11H11ClN2/c1-7(2)10-8-5-3-4-6-9(8)11(12)14-13-10/h3-7H,1-2H3. The molecule has 0 unspecified atom stereocenters. The summed E-state index contributed by atoms with van der Waals surface area (Å²) in [6, 6.07) is 7.95. The maximum Gasteiger partial charge on any atom is 0.159 e. The Morgan fingerprint density at radius 1 is 1.07 bits per heavy atom. The van der Waals surface area contributed by atoms with E-state index in [9.17, 15) is 0 Å². The van der Waals surface area contributed by atoms with Gasteiger partial charge in [0.25, 0.3) is 0 Å². The van der Waals surface area contributed by atoms with Crippen LogP contribution in [0.3, 0.4) is 0 Å². The van der Waals surface area contributed by atoms with Crippen molar-refractivity contribution in [3.63, 3.8) is 0 Å². The van der Waals surface area contributed by atoms with Crippen LogP contribution in [-0.2, 0) is 0 Å². The number of nitrogens with zero attached hydrogens (tertiary/aromatic N) is 2. The molecule has 0 aliphatic rings. The van der Waals surface area contributed by atoms with Crippen molar-refractivity contribution in [1.29, 1.82) is 0 Å². The summed E-state index contributed by atoms with van der Waals surface area (Å²) >= 11 is 5.96. The highest BCUT2D eigenvalue weighted by molar-refractivity contribution is 6.34. The van der Waals surface area contributed by atoms with Crippen molar-refractivity contribution in [2.24, 2.45) is 0 Å². The van der Waals surface area contributed by atoms with Crippen molar-refractivity contribution < 1.29 is 0 Å². The van der Waals surface area contributed by atoms with Gasteiger partial charge in [0, 0.05) is 10.8 Å². The minimum Gasteiger partial charge on any atom is -0.153 e. The van der Waals surface area contributed by atoms with Gasteiger partial charge in [-0.15, -0.1) is 5.10 Å². The quantitative estimate of drug-likeness (QED) is 0.715. The number of hydrogen-bond acceptors (Lipinski definition) is 2. The number of hydrogen-bond donors (Lipinski definition) is 0. The molecule has 3 heteroatoms. The molecule has 14 heavy (non-hydrogen) atoms. The third-order valence-electron chi connectivity index (χ3n) is 2.22. The Morgan fingerprint density at radius 2 is 1.71 bits per heavy atom. The summed E-state index contributed by atoms with van der Waals surface area (Å²) in [6.45, 7) is 4.20. The molecular formula is C11H11ClN2. The van der Waals surface area contributed by atoms with Crippen molar-refractivity contribution >= 4 is 22.4 Å². The number of aromatic nitrogens is 2. The fourth-order valence-electron chi connectivity index (χ4n) is 1.52. The normalized spacial score (nSPS) is 11.1. The summed E-state index contributed by atoms with van der Waals surface area (Å²) in [5.74, 6) is 0.365. The van der Waals surface area contributed by atoms with Gasteiger partial charge in [-0.3, -0.25) is 0 Å². The maximum absolute atomic E-state index is 5.96. The summed E-state index contributed by atoms with van der Waals surface area (Å²) in [5, 5.41) is 10.6. The van der Waals surface area contributed by atoms with Gasteiger partial charge in [-0.25, -0.2) is 0 Å². The minimum absolute atomic E-state index is 0.365. The summed E-state index contributed by atoms with van der Waals surface area (Å²) in [4.78, 5) is 0. The summed E-state index contributed by atoms with van der Waals surface area (Å²) in [7, 11) is 0. The van der Waals surface area contributed by atoms with Crippen LogP contribution in [0.15, 0.2) is 24.3 Å². The van der Waals surface area contributed by atoms with Crippen LogP contribution in [0.2, 0.25) is 5.15 Å². The molecule has 1 heterocycles. The summed E-state index contributed by atoms with van der Waals surface area (Å²) in [5.41, 5.74) is 1.00. The highest BCUT2D eigenvalue weighted by Gasteiger charge is 2.09. The Morgan fingerprint density at radius 3 is 2.36 bits per heavy atom. The van der Waals surface area contributed by atoms with Gasteiger partial charge in [-0.1, -0.05) is 49.7 Å². The van der Waals surface area contributed by atoms with Crippen LogP contribution in [0, 0.1) is 0 Å². The minimum atomic E-state index is 0.365. The van der Waals surface area contributed by atoms with Crippen molar-refractivity contribution in [2.45, 2.75) is 19.8 Å². The Kier molecular flexibility index (Phi) is 2.38. The Hall–Kier alpha value is -1.15. The molecule has 0 fully saturated rings. The molecule has 0 atom stereocenters. The first-order valence-corrected chi connectivity index (χ1v) is 4.98. The zero-order valence-corrected chi connectivity index (χ0v) is 8.92. The third kappa shape index (κ3) is 1.46. The van der Waals surface area contributed by atoms with Crippen molar-refractivity contribution in [1.82, 2.24) is 10.2 Å². The van der Waals surface area contributed by atoms with Crippen LogP contribution >= 0.6 is 11.6 Å². The largest absolute Gasteiger partial charge is 0.159 e. The molecule has 0 amide bonds. The van der Waals surface area contributed by atoms with Gasteiger partial charge in [0.1, 0.15) is 0 Å². The number of rotatable bonds is 1. The molecule has 0 bridgehead atoms. The first kappa shape index (κ1) is 9.41. The van der Waals surface area contributed by atoms with E-state index < -0.39 is 0 Å². The van der Waals surface area contributed by atoms with E-state index in [0.717, 1.165) is 16.5 Å². The fourth-order valence-corrected chi connectivity index (χ4v) is 1.72. The van der Waals surface area contributed by atoms with Gasteiger partial charge >= 0.3 is 0 Å². The first-order chi connectivity index (χ1) is 6.70. The van der Waals surface area contributed by atoms with Crippen molar-refractivity contribution in [2.75, 3.05) is 0 Å². The number of fused-ring (bicyclic) bond motifs is 1. The maximum atomic E-state index is 5.96. The highest BCUT2D eigenvalue weighted by Crippen LogP contribution is 2.26. The second kappa shape index (κ2) is 3.54.